The van der Waals surface area contributed by atoms with Gasteiger partial charge in [0, 0.05) is 18.4 Å². The van der Waals surface area contributed by atoms with E-state index in [4.69, 9.17) is 22.7 Å². The summed E-state index contributed by atoms with van der Waals surface area (Å²) in [5.41, 5.74) is 5.89. The minimum Gasteiger partial charge on any atom is -0.393 e. The van der Waals surface area contributed by atoms with Gasteiger partial charge in [-0.1, -0.05) is 26.1 Å². The predicted octanol–water partition coefficient (Wildman–Crippen LogP) is 2.90. The van der Waals surface area contributed by atoms with Gasteiger partial charge in [0.1, 0.15) is 0 Å². The second kappa shape index (κ2) is 5.80. The molecule has 0 atom stereocenters. The maximum atomic E-state index is 5.70. The van der Waals surface area contributed by atoms with Crippen LogP contribution in [-0.2, 0) is 4.74 Å². The molecule has 1 fully saturated rings. The Balaban J connectivity index is 2.02. The summed E-state index contributed by atoms with van der Waals surface area (Å²) in [6.45, 7) is 6.23. The molecule has 1 aliphatic carbocycles. The normalized spacial score (nSPS) is 18.1. The first-order valence-corrected chi connectivity index (χ1v) is 6.31. The van der Waals surface area contributed by atoms with Crippen LogP contribution in [0.25, 0.3) is 0 Å². The van der Waals surface area contributed by atoms with E-state index in [1.165, 1.54) is 25.7 Å². The summed E-state index contributed by atoms with van der Waals surface area (Å²) in [5.74, 6) is 0.778. The molecule has 0 amide bonds. The third-order valence-electron chi connectivity index (χ3n) is 2.98. The van der Waals surface area contributed by atoms with Crippen LogP contribution in [0.1, 0.15) is 46.0 Å². The molecule has 0 saturated heterocycles. The number of thiocarbonyl (C=S) groups is 1. The molecule has 0 aromatic heterocycles. The molecular weight excluding hydrogens is 206 g/mol. The smallest absolute Gasteiger partial charge is 0.0733 e. The van der Waals surface area contributed by atoms with Crippen molar-refractivity contribution in [2.45, 2.75) is 46.0 Å². The van der Waals surface area contributed by atoms with Gasteiger partial charge in [0.25, 0.3) is 0 Å². The Morgan fingerprint density at radius 3 is 2.60 bits per heavy atom. The van der Waals surface area contributed by atoms with Gasteiger partial charge in [0.15, 0.2) is 0 Å². The van der Waals surface area contributed by atoms with E-state index in [0.717, 1.165) is 25.6 Å². The van der Waals surface area contributed by atoms with Crippen molar-refractivity contribution < 1.29 is 4.74 Å². The minimum absolute atomic E-state index is 0.323. The van der Waals surface area contributed by atoms with E-state index < -0.39 is 0 Å². The molecule has 0 heterocycles. The zero-order valence-electron chi connectivity index (χ0n) is 9.92. The van der Waals surface area contributed by atoms with Crippen molar-refractivity contribution in [3.05, 3.63) is 0 Å². The summed E-state index contributed by atoms with van der Waals surface area (Å²) in [6, 6.07) is 0. The summed E-state index contributed by atoms with van der Waals surface area (Å²) in [6.07, 6.45) is 5.75. The van der Waals surface area contributed by atoms with Crippen LogP contribution < -0.4 is 5.73 Å². The highest BCUT2D eigenvalue weighted by atomic mass is 32.1. The van der Waals surface area contributed by atoms with Gasteiger partial charge in [-0.05, 0) is 31.6 Å². The molecule has 0 radical (unpaired) electrons. The first-order valence-electron chi connectivity index (χ1n) is 5.90. The Hall–Kier alpha value is -0.150. The molecular formula is C12H23NOS. The van der Waals surface area contributed by atoms with E-state index in [9.17, 15) is 0 Å². The monoisotopic (exact) mass is 229 g/mol. The minimum atomic E-state index is 0.323. The third kappa shape index (κ3) is 5.47. The van der Waals surface area contributed by atoms with Gasteiger partial charge >= 0.3 is 0 Å². The molecule has 1 saturated carbocycles. The number of hydrogen-bond donors (Lipinski definition) is 1. The molecule has 3 heteroatoms. The molecule has 0 aliphatic heterocycles. The quantitative estimate of drug-likeness (QED) is 0.513. The summed E-state index contributed by atoms with van der Waals surface area (Å²) < 4.78 is 5.70. The number of nitrogens with two attached hydrogens (primary N) is 1. The van der Waals surface area contributed by atoms with Crippen LogP contribution in [0, 0.1) is 11.3 Å². The lowest BCUT2D eigenvalue weighted by molar-refractivity contribution is 0.0881. The third-order valence-corrected chi connectivity index (χ3v) is 3.13. The maximum Gasteiger partial charge on any atom is 0.0733 e. The molecule has 0 aromatic rings. The fraction of sp³-hybridized carbons (Fsp3) is 0.917. The Bertz CT molecular complexity index is 212. The van der Waals surface area contributed by atoms with Crippen LogP contribution >= 0.6 is 12.2 Å². The Labute approximate surface area is 98.6 Å². The SMILES string of the molecule is CC(C)CCCOCC1(CC(N)=S)CC1. The van der Waals surface area contributed by atoms with E-state index in [2.05, 4.69) is 13.8 Å². The molecule has 88 valence electrons. The first kappa shape index (κ1) is 12.9. The lowest BCUT2D eigenvalue weighted by atomic mass is 10.0. The van der Waals surface area contributed by atoms with Crippen molar-refractivity contribution >= 4 is 17.2 Å². The standard InChI is InChI=1S/C12H23NOS/c1-10(2)4-3-7-14-9-12(5-6-12)8-11(13)15/h10H,3-9H2,1-2H3,(H2,13,15). The average molecular weight is 229 g/mol. The van der Waals surface area contributed by atoms with Crippen molar-refractivity contribution in [1.82, 2.24) is 0 Å². The van der Waals surface area contributed by atoms with Gasteiger partial charge in [-0.15, -0.1) is 0 Å². The largest absolute Gasteiger partial charge is 0.393 e. The fourth-order valence-corrected chi connectivity index (χ4v) is 2.11. The molecule has 15 heavy (non-hydrogen) atoms. The van der Waals surface area contributed by atoms with Crippen molar-refractivity contribution in [2.24, 2.45) is 17.1 Å². The van der Waals surface area contributed by atoms with Gasteiger partial charge in [-0.3, -0.25) is 0 Å². The second-order valence-electron chi connectivity index (χ2n) is 5.23. The first-order chi connectivity index (χ1) is 7.04. The zero-order valence-corrected chi connectivity index (χ0v) is 10.7. The number of rotatable bonds is 8. The van der Waals surface area contributed by atoms with Crippen LogP contribution in [0.15, 0.2) is 0 Å². The molecule has 0 unspecified atom stereocenters. The molecule has 0 aromatic carbocycles. The molecule has 0 spiro atoms. The Morgan fingerprint density at radius 1 is 1.47 bits per heavy atom. The number of hydrogen-bond acceptors (Lipinski definition) is 2. The van der Waals surface area contributed by atoms with Crippen LogP contribution in [0.5, 0.6) is 0 Å². The van der Waals surface area contributed by atoms with Gasteiger partial charge in [0.05, 0.1) is 11.6 Å². The van der Waals surface area contributed by atoms with Crippen LogP contribution in [0.4, 0.5) is 0 Å². The maximum absolute atomic E-state index is 5.70. The predicted molar refractivity (Wildman–Crippen MR) is 68.0 cm³/mol. The highest BCUT2D eigenvalue weighted by molar-refractivity contribution is 7.80. The van der Waals surface area contributed by atoms with Crippen molar-refractivity contribution in [1.29, 1.82) is 0 Å². The Kier molecular flexibility index (Phi) is 5.00. The van der Waals surface area contributed by atoms with E-state index in [1.807, 2.05) is 0 Å². The zero-order chi connectivity index (χ0) is 11.3. The highest BCUT2D eigenvalue weighted by Crippen LogP contribution is 2.48. The van der Waals surface area contributed by atoms with E-state index in [1.54, 1.807) is 0 Å². The highest BCUT2D eigenvalue weighted by Gasteiger charge is 2.43. The van der Waals surface area contributed by atoms with Crippen LogP contribution in [0.2, 0.25) is 0 Å². The summed E-state index contributed by atoms with van der Waals surface area (Å²) >= 11 is 4.94. The summed E-state index contributed by atoms with van der Waals surface area (Å²) in [5, 5.41) is 0. The average Bonchev–Trinajstić information content (AvgIpc) is 2.83. The summed E-state index contributed by atoms with van der Waals surface area (Å²) in [7, 11) is 0. The summed E-state index contributed by atoms with van der Waals surface area (Å²) in [4.78, 5) is 0.637. The number of ether oxygens (including phenoxy) is 1. The lowest BCUT2D eigenvalue weighted by Gasteiger charge is -2.14. The molecule has 2 N–H and O–H groups in total. The Morgan fingerprint density at radius 2 is 2.13 bits per heavy atom. The van der Waals surface area contributed by atoms with Gasteiger partial charge in [-0.2, -0.15) is 0 Å². The molecule has 1 rings (SSSR count). The van der Waals surface area contributed by atoms with Crippen molar-refractivity contribution in [3.63, 3.8) is 0 Å². The fourth-order valence-electron chi connectivity index (χ4n) is 1.80. The van der Waals surface area contributed by atoms with Gasteiger partial charge < -0.3 is 10.5 Å². The van der Waals surface area contributed by atoms with Crippen LogP contribution in [0.3, 0.4) is 0 Å². The van der Waals surface area contributed by atoms with Gasteiger partial charge in [-0.25, -0.2) is 0 Å². The van der Waals surface area contributed by atoms with E-state index in [-0.39, 0.29) is 0 Å². The molecule has 2 nitrogen and oxygen atoms in total. The second-order valence-corrected chi connectivity index (χ2v) is 5.76. The van der Waals surface area contributed by atoms with E-state index in [0.29, 0.717) is 10.4 Å². The van der Waals surface area contributed by atoms with E-state index >= 15 is 0 Å². The van der Waals surface area contributed by atoms with Gasteiger partial charge in [0.2, 0.25) is 0 Å². The van der Waals surface area contributed by atoms with Crippen LogP contribution in [-0.4, -0.2) is 18.2 Å². The molecule has 0 bridgehead atoms. The van der Waals surface area contributed by atoms with Crippen molar-refractivity contribution in [2.75, 3.05) is 13.2 Å². The topological polar surface area (TPSA) is 35.2 Å². The van der Waals surface area contributed by atoms with Crippen molar-refractivity contribution in [3.8, 4) is 0 Å². The molecule has 1 aliphatic rings. The lowest BCUT2D eigenvalue weighted by Crippen LogP contribution is -2.19.